The van der Waals surface area contributed by atoms with Crippen LogP contribution in [0.25, 0.3) is 0 Å². The van der Waals surface area contributed by atoms with Crippen molar-refractivity contribution in [2.24, 2.45) is 0 Å². The Morgan fingerprint density at radius 1 is 1.33 bits per heavy atom. The maximum absolute atomic E-state index is 12.2. The molecule has 0 aliphatic rings. The predicted octanol–water partition coefficient (Wildman–Crippen LogP) is 1.91. The third kappa shape index (κ3) is 4.53. The molecule has 0 radical (unpaired) electrons. The molecular formula is C13H19NO5S2. The molecule has 0 spiro atoms. The number of aliphatic carboxylic acids is 1. The van der Waals surface area contributed by atoms with E-state index in [1.807, 2.05) is 13.8 Å². The van der Waals surface area contributed by atoms with Gasteiger partial charge in [-0.15, -0.1) is 11.3 Å². The fourth-order valence-electron chi connectivity index (χ4n) is 1.95. The van der Waals surface area contributed by atoms with E-state index in [1.165, 1.54) is 11.4 Å². The number of carboxylic acids is 1. The van der Waals surface area contributed by atoms with E-state index in [-0.39, 0.29) is 16.2 Å². The van der Waals surface area contributed by atoms with Crippen molar-refractivity contribution in [1.29, 1.82) is 0 Å². The Morgan fingerprint density at radius 2 is 1.90 bits per heavy atom. The summed E-state index contributed by atoms with van der Waals surface area (Å²) in [7, 11) is -3.34. The van der Waals surface area contributed by atoms with Crippen molar-refractivity contribution in [1.82, 2.24) is 5.32 Å². The van der Waals surface area contributed by atoms with Crippen LogP contribution in [0, 0.1) is 0 Å². The van der Waals surface area contributed by atoms with Crippen molar-refractivity contribution >= 4 is 33.1 Å². The van der Waals surface area contributed by atoms with E-state index in [9.17, 15) is 18.0 Å². The summed E-state index contributed by atoms with van der Waals surface area (Å²) < 4.78 is 22.9. The van der Waals surface area contributed by atoms with E-state index in [2.05, 4.69) is 5.32 Å². The van der Waals surface area contributed by atoms with E-state index < -0.39 is 27.3 Å². The summed E-state index contributed by atoms with van der Waals surface area (Å²) in [6.07, 6.45) is 1.86. The van der Waals surface area contributed by atoms with Crippen LogP contribution in [-0.2, 0) is 14.6 Å². The van der Waals surface area contributed by atoms with Gasteiger partial charge < -0.3 is 10.4 Å². The Balaban J connectivity index is 2.97. The second-order valence-electron chi connectivity index (χ2n) is 4.94. The van der Waals surface area contributed by atoms with Crippen LogP contribution < -0.4 is 5.32 Å². The number of carbonyl (C=O) groups excluding carboxylic acids is 1. The van der Waals surface area contributed by atoms with Gasteiger partial charge >= 0.3 is 5.97 Å². The molecule has 0 atom stereocenters. The van der Waals surface area contributed by atoms with Gasteiger partial charge in [0.05, 0.1) is 17.5 Å². The molecule has 118 valence electrons. The van der Waals surface area contributed by atoms with Crippen molar-refractivity contribution < 1.29 is 23.1 Å². The molecule has 1 aromatic rings. The van der Waals surface area contributed by atoms with Gasteiger partial charge in [-0.3, -0.25) is 9.59 Å². The van der Waals surface area contributed by atoms with Gasteiger partial charge in [0, 0.05) is 11.6 Å². The van der Waals surface area contributed by atoms with Crippen LogP contribution in [0.5, 0.6) is 0 Å². The second kappa shape index (κ2) is 6.57. The molecule has 0 bridgehead atoms. The molecule has 21 heavy (non-hydrogen) atoms. The molecule has 0 saturated heterocycles. The zero-order chi connectivity index (χ0) is 16.3. The number of carbonyl (C=O) groups is 2. The first-order valence-electron chi connectivity index (χ1n) is 6.46. The third-order valence-corrected chi connectivity index (χ3v) is 6.19. The van der Waals surface area contributed by atoms with Crippen molar-refractivity contribution in [3.05, 3.63) is 17.0 Å². The normalized spacial score (nSPS) is 12.1. The number of carboxylic acid groups (broad SMARTS) is 1. The maximum atomic E-state index is 12.2. The predicted molar refractivity (Wildman–Crippen MR) is 80.5 cm³/mol. The topological polar surface area (TPSA) is 101 Å². The van der Waals surface area contributed by atoms with Crippen LogP contribution in [0.15, 0.2) is 15.7 Å². The van der Waals surface area contributed by atoms with Crippen LogP contribution in [0.1, 0.15) is 43.5 Å². The first-order valence-corrected chi connectivity index (χ1v) is 9.23. The lowest BCUT2D eigenvalue weighted by atomic mass is 9.88. The first-order chi connectivity index (χ1) is 9.63. The fraction of sp³-hybridized carbons (Fsp3) is 0.538. The zero-order valence-corrected chi connectivity index (χ0v) is 13.8. The molecule has 0 aliphatic carbocycles. The number of hydrogen-bond acceptors (Lipinski definition) is 5. The minimum Gasteiger partial charge on any atom is -0.481 e. The molecule has 2 N–H and O–H groups in total. The van der Waals surface area contributed by atoms with E-state index in [0.717, 1.165) is 17.6 Å². The van der Waals surface area contributed by atoms with Crippen LogP contribution in [0.2, 0.25) is 0 Å². The minimum atomic E-state index is -3.34. The standard InChI is InChI=1S/C13H19NO5S2/c1-4-13(5-2,7-10(15)16)14-12(17)9-6-11(20-8-9)21(3,18)19/h6,8H,4-5,7H2,1-3H3,(H,14,17)(H,15,16). The van der Waals surface area contributed by atoms with Gasteiger partial charge in [-0.1, -0.05) is 13.8 Å². The van der Waals surface area contributed by atoms with E-state index in [0.29, 0.717) is 12.8 Å². The Hall–Kier alpha value is -1.41. The van der Waals surface area contributed by atoms with E-state index >= 15 is 0 Å². The van der Waals surface area contributed by atoms with Gasteiger partial charge in [-0.05, 0) is 18.9 Å². The molecule has 0 aliphatic heterocycles. The largest absolute Gasteiger partial charge is 0.481 e. The molecule has 0 saturated carbocycles. The smallest absolute Gasteiger partial charge is 0.305 e. The number of sulfone groups is 1. The number of rotatable bonds is 7. The Labute approximate surface area is 128 Å². The SMILES string of the molecule is CCC(CC)(CC(=O)O)NC(=O)c1csc(S(C)(=O)=O)c1. The molecule has 1 aromatic heterocycles. The van der Waals surface area contributed by atoms with Crippen molar-refractivity contribution in [2.75, 3.05) is 6.26 Å². The second-order valence-corrected chi connectivity index (χ2v) is 8.09. The Kier molecular flexibility index (Phi) is 5.52. The van der Waals surface area contributed by atoms with Crippen molar-refractivity contribution in [2.45, 2.75) is 42.9 Å². The highest BCUT2D eigenvalue weighted by atomic mass is 32.2. The monoisotopic (exact) mass is 333 g/mol. The molecule has 0 unspecified atom stereocenters. The molecule has 8 heteroatoms. The molecule has 1 rings (SSSR count). The van der Waals surface area contributed by atoms with E-state index in [4.69, 9.17) is 5.11 Å². The van der Waals surface area contributed by atoms with Crippen LogP contribution in [0.4, 0.5) is 0 Å². The average Bonchev–Trinajstić information content (AvgIpc) is 2.86. The molecule has 0 aromatic carbocycles. The van der Waals surface area contributed by atoms with E-state index in [1.54, 1.807) is 0 Å². The summed E-state index contributed by atoms with van der Waals surface area (Å²) in [6, 6.07) is 1.31. The summed E-state index contributed by atoms with van der Waals surface area (Å²) in [5.41, 5.74) is -0.590. The van der Waals surface area contributed by atoms with Crippen LogP contribution in [-0.4, -0.2) is 37.2 Å². The quantitative estimate of drug-likeness (QED) is 0.794. The summed E-state index contributed by atoms with van der Waals surface area (Å²) in [6.45, 7) is 3.62. The number of nitrogens with one attached hydrogen (secondary N) is 1. The van der Waals surface area contributed by atoms with Gasteiger partial charge in [0.1, 0.15) is 4.21 Å². The molecule has 1 heterocycles. The number of hydrogen-bond donors (Lipinski definition) is 2. The third-order valence-electron chi connectivity index (χ3n) is 3.42. The molecule has 0 fully saturated rings. The first kappa shape index (κ1) is 17.6. The minimum absolute atomic E-state index is 0.115. The summed E-state index contributed by atoms with van der Waals surface area (Å²) >= 11 is 0.975. The highest BCUT2D eigenvalue weighted by Gasteiger charge is 2.31. The summed E-state index contributed by atoms with van der Waals surface area (Å²) in [4.78, 5) is 23.2. The summed E-state index contributed by atoms with van der Waals surface area (Å²) in [5.74, 6) is -1.44. The van der Waals surface area contributed by atoms with Gasteiger partial charge in [-0.2, -0.15) is 0 Å². The van der Waals surface area contributed by atoms with Gasteiger partial charge in [0.2, 0.25) is 0 Å². The van der Waals surface area contributed by atoms with Gasteiger partial charge in [0.25, 0.3) is 5.91 Å². The van der Waals surface area contributed by atoms with Crippen LogP contribution >= 0.6 is 11.3 Å². The highest BCUT2D eigenvalue weighted by molar-refractivity contribution is 7.92. The highest BCUT2D eigenvalue weighted by Crippen LogP contribution is 2.23. The van der Waals surface area contributed by atoms with Crippen molar-refractivity contribution in [3.8, 4) is 0 Å². The molecular weight excluding hydrogens is 314 g/mol. The van der Waals surface area contributed by atoms with Crippen molar-refractivity contribution in [3.63, 3.8) is 0 Å². The number of amides is 1. The maximum Gasteiger partial charge on any atom is 0.305 e. The zero-order valence-electron chi connectivity index (χ0n) is 12.2. The Morgan fingerprint density at radius 3 is 2.29 bits per heavy atom. The summed E-state index contributed by atoms with van der Waals surface area (Å²) in [5, 5.41) is 13.2. The fourth-order valence-corrected chi connectivity index (χ4v) is 3.75. The molecule has 1 amide bonds. The lowest BCUT2D eigenvalue weighted by Crippen LogP contribution is -2.49. The molecule has 6 nitrogen and oxygen atoms in total. The Bertz CT molecular complexity index is 629. The number of thiophene rings is 1. The van der Waals surface area contributed by atoms with Gasteiger partial charge in [0.15, 0.2) is 9.84 Å². The lowest BCUT2D eigenvalue weighted by molar-refractivity contribution is -0.138. The lowest BCUT2D eigenvalue weighted by Gasteiger charge is -2.31. The van der Waals surface area contributed by atoms with Crippen LogP contribution in [0.3, 0.4) is 0 Å². The van der Waals surface area contributed by atoms with Gasteiger partial charge in [-0.25, -0.2) is 8.42 Å². The average molecular weight is 333 g/mol.